The number of aromatic nitrogens is 1. The van der Waals surface area contributed by atoms with E-state index >= 15 is 0 Å². The molecule has 108 valence electrons. The number of nitrogens with one attached hydrogen (secondary N) is 1. The van der Waals surface area contributed by atoms with Gasteiger partial charge in [-0.25, -0.2) is 9.78 Å². The highest BCUT2D eigenvalue weighted by molar-refractivity contribution is 5.77. The topological polar surface area (TPSA) is 72.3 Å². The van der Waals surface area contributed by atoms with E-state index in [0.29, 0.717) is 18.7 Å². The van der Waals surface area contributed by atoms with Gasteiger partial charge < -0.3 is 15.1 Å². The Morgan fingerprint density at radius 1 is 1.38 bits per heavy atom. The summed E-state index contributed by atoms with van der Waals surface area (Å²) in [6.45, 7) is 2.87. The maximum Gasteiger partial charge on any atom is 0.317 e. The van der Waals surface area contributed by atoms with Crippen molar-refractivity contribution in [2.45, 2.75) is 25.3 Å². The molecule has 0 radical (unpaired) electrons. The summed E-state index contributed by atoms with van der Waals surface area (Å²) in [6, 6.07) is 4.52. The maximum absolute atomic E-state index is 11.7. The number of pyridine rings is 1. The number of hydrogen-bond acceptors (Lipinski definition) is 4. The lowest BCUT2D eigenvalue weighted by Crippen LogP contribution is -2.52. The van der Waals surface area contributed by atoms with Crippen molar-refractivity contribution in [3.63, 3.8) is 0 Å². The number of aryl methyl sites for hydroxylation is 2. The van der Waals surface area contributed by atoms with Crippen LogP contribution in [-0.2, 0) is 12.8 Å². The third-order valence-electron chi connectivity index (χ3n) is 4.68. The SMILES string of the molecule is N#Cc1cc2c(nc1N1CCN3C(=O)NCC3C1)CCC2. The van der Waals surface area contributed by atoms with Gasteiger partial charge in [-0.2, -0.15) is 5.26 Å². The number of rotatable bonds is 1. The summed E-state index contributed by atoms with van der Waals surface area (Å²) in [5, 5.41) is 12.3. The van der Waals surface area contributed by atoms with Gasteiger partial charge in [0.1, 0.15) is 11.9 Å². The molecule has 0 aromatic carbocycles. The van der Waals surface area contributed by atoms with Crippen LogP contribution < -0.4 is 10.2 Å². The van der Waals surface area contributed by atoms with E-state index in [2.05, 4.69) is 16.3 Å². The first-order chi connectivity index (χ1) is 10.3. The van der Waals surface area contributed by atoms with Crippen LogP contribution in [0.2, 0.25) is 0 Å². The van der Waals surface area contributed by atoms with Crippen molar-refractivity contribution in [3.8, 4) is 6.07 Å². The Morgan fingerprint density at radius 3 is 3.14 bits per heavy atom. The van der Waals surface area contributed by atoms with Gasteiger partial charge in [0.15, 0.2) is 0 Å². The van der Waals surface area contributed by atoms with E-state index in [1.54, 1.807) is 0 Å². The molecule has 1 aromatic rings. The van der Waals surface area contributed by atoms with Crippen LogP contribution in [0.3, 0.4) is 0 Å². The number of nitrogens with zero attached hydrogens (tertiary/aromatic N) is 4. The molecule has 0 saturated carbocycles. The molecule has 0 spiro atoms. The van der Waals surface area contributed by atoms with Crippen LogP contribution in [-0.4, -0.2) is 48.1 Å². The first-order valence-electron chi connectivity index (χ1n) is 7.48. The highest BCUT2D eigenvalue weighted by Gasteiger charge is 2.36. The smallest absolute Gasteiger partial charge is 0.317 e. The molecule has 2 aliphatic heterocycles. The summed E-state index contributed by atoms with van der Waals surface area (Å²) in [7, 11) is 0. The minimum atomic E-state index is 0.0297. The van der Waals surface area contributed by atoms with Gasteiger partial charge in [-0.3, -0.25) is 0 Å². The molecule has 4 rings (SSSR count). The highest BCUT2D eigenvalue weighted by Crippen LogP contribution is 2.28. The van der Waals surface area contributed by atoms with Crippen LogP contribution in [0.1, 0.15) is 23.2 Å². The largest absolute Gasteiger partial charge is 0.352 e. The number of carbonyl (C=O) groups excluding carboxylic acids is 1. The fraction of sp³-hybridized carbons (Fsp3) is 0.533. The summed E-state index contributed by atoms with van der Waals surface area (Å²) in [6.07, 6.45) is 3.18. The normalized spacial score (nSPS) is 23.6. The van der Waals surface area contributed by atoms with Crippen molar-refractivity contribution in [1.82, 2.24) is 15.2 Å². The van der Waals surface area contributed by atoms with E-state index in [4.69, 9.17) is 4.98 Å². The van der Waals surface area contributed by atoms with E-state index in [9.17, 15) is 10.1 Å². The van der Waals surface area contributed by atoms with Crippen molar-refractivity contribution >= 4 is 11.8 Å². The van der Waals surface area contributed by atoms with Crippen LogP contribution in [0, 0.1) is 11.3 Å². The molecule has 3 aliphatic rings. The molecule has 1 atom stereocenters. The molecule has 3 heterocycles. The third kappa shape index (κ3) is 1.92. The van der Waals surface area contributed by atoms with E-state index in [-0.39, 0.29) is 12.1 Å². The third-order valence-corrected chi connectivity index (χ3v) is 4.68. The van der Waals surface area contributed by atoms with Gasteiger partial charge >= 0.3 is 6.03 Å². The molecular formula is C15H17N5O. The van der Waals surface area contributed by atoms with Gasteiger partial charge in [0.2, 0.25) is 0 Å². The Labute approximate surface area is 123 Å². The lowest BCUT2D eigenvalue weighted by Gasteiger charge is -2.37. The van der Waals surface area contributed by atoms with E-state index in [0.717, 1.165) is 43.9 Å². The number of piperazine rings is 1. The van der Waals surface area contributed by atoms with Gasteiger partial charge in [0.05, 0.1) is 11.6 Å². The zero-order valence-corrected chi connectivity index (χ0v) is 11.8. The summed E-state index contributed by atoms with van der Waals surface area (Å²) < 4.78 is 0. The molecule has 21 heavy (non-hydrogen) atoms. The first-order valence-corrected chi connectivity index (χ1v) is 7.48. The predicted octanol–water partition coefficient (Wildman–Crippen LogP) is 0.656. The molecule has 2 fully saturated rings. The molecule has 6 nitrogen and oxygen atoms in total. The average molecular weight is 283 g/mol. The zero-order chi connectivity index (χ0) is 14.4. The highest BCUT2D eigenvalue weighted by atomic mass is 16.2. The van der Waals surface area contributed by atoms with E-state index in [1.165, 1.54) is 5.56 Å². The second-order valence-electron chi connectivity index (χ2n) is 5.91. The molecule has 0 bridgehead atoms. The maximum atomic E-state index is 11.7. The van der Waals surface area contributed by atoms with Crippen LogP contribution in [0.4, 0.5) is 10.6 Å². The van der Waals surface area contributed by atoms with Crippen LogP contribution in [0.25, 0.3) is 0 Å². The molecule has 6 heteroatoms. The average Bonchev–Trinajstić information content (AvgIpc) is 3.12. The Bertz CT molecular complexity index is 650. The number of carbonyl (C=O) groups is 1. The van der Waals surface area contributed by atoms with Crippen molar-refractivity contribution < 1.29 is 4.79 Å². The van der Waals surface area contributed by atoms with Gasteiger partial charge in [-0.1, -0.05) is 0 Å². The predicted molar refractivity (Wildman–Crippen MR) is 77.1 cm³/mol. The van der Waals surface area contributed by atoms with Gasteiger partial charge in [-0.05, 0) is 30.9 Å². The van der Waals surface area contributed by atoms with E-state index < -0.39 is 0 Å². The molecule has 2 amide bonds. The fourth-order valence-corrected chi connectivity index (χ4v) is 3.58. The second kappa shape index (κ2) is 4.62. The minimum Gasteiger partial charge on any atom is -0.352 e. The summed E-state index contributed by atoms with van der Waals surface area (Å²) in [5.41, 5.74) is 3.04. The van der Waals surface area contributed by atoms with Crippen LogP contribution >= 0.6 is 0 Å². The fourth-order valence-electron chi connectivity index (χ4n) is 3.58. The van der Waals surface area contributed by atoms with Gasteiger partial charge in [0.25, 0.3) is 0 Å². The quantitative estimate of drug-likeness (QED) is 0.821. The van der Waals surface area contributed by atoms with Crippen LogP contribution in [0.15, 0.2) is 6.07 Å². The summed E-state index contributed by atoms with van der Waals surface area (Å²) in [4.78, 5) is 20.5. The molecule has 1 unspecified atom stereocenters. The summed E-state index contributed by atoms with van der Waals surface area (Å²) in [5.74, 6) is 0.803. The summed E-state index contributed by atoms with van der Waals surface area (Å²) >= 11 is 0. The Kier molecular flexibility index (Phi) is 2.74. The van der Waals surface area contributed by atoms with E-state index in [1.807, 2.05) is 11.0 Å². The lowest BCUT2D eigenvalue weighted by molar-refractivity contribution is 0.197. The monoisotopic (exact) mass is 283 g/mol. The lowest BCUT2D eigenvalue weighted by atomic mass is 10.1. The Morgan fingerprint density at radius 2 is 2.29 bits per heavy atom. The minimum absolute atomic E-state index is 0.0297. The molecule has 2 saturated heterocycles. The second-order valence-corrected chi connectivity index (χ2v) is 5.91. The number of urea groups is 1. The van der Waals surface area contributed by atoms with Gasteiger partial charge in [-0.15, -0.1) is 0 Å². The standard InChI is InChI=1S/C15H17N5O/c16-7-11-6-10-2-1-3-13(10)18-14(11)19-4-5-20-12(9-19)8-17-15(20)21/h6,12H,1-5,8-9H2,(H,17,21). The number of amides is 2. The molecular weight excluding hydrogens is 266 g/mol. The zero-order valence-electron chi connectivity index (χ0n) is 11.8. The van der Waals surface area contributed by atoms with Crippen molar-refractivity contribution in [3.05, 3.63) is 22.9 Å². The van der Waals surface area contributed by atoms with Crippen molar-refractivity contribution in [2.75, 3.05) is 31.1 Å². The van der Waals surface area contributed by atoms with Gasteiger partial charge in [0, 0.05) is 31.9 Å². The Balaban J connectivity index is 1.65. The molecule has 1 N–H and O–H groups in total. The first kappa shape index (κ1) is 12.5. The van der Waals surface area contributed by atoms with Crippen molar-refractivity contribution in [1.29, 1.82) is 5.26 Å². The molecule has 1 aliphatic carbocycles. The molecule has 1 aromatic heterocycles. The number of nitriles is 1. The number of fused-ring (bicyclic) bond motifs is 2. The van der Waals surface area contributed by atoms with Crippen LogP contribution in [0.5, 0.6) is 0 Å². The Hall–Kier alpha value is -2.29. The number of anilines is 1. The van der Waals surface area contributed by atoms with Crippen molar-refractivity contribution in [2.24, 2.45) is 0 Å². The number of hydrogen-bond donors (Lipinski definition) is 1.